The van der Waals surface area contributed by atoms with E-state index in [0.29, 0.717) is 0 Å². The van der Waals surface area contributed by atoms with Crippen LogP contribution in [0.25, 0.3) is 208 Å². The van der Waals surface area contributed by atoms with Gasteiger partial charge in [0.1, 0.15) is 55.8 Å². The Balaban J connectivity index is 0.567. The predicted molar refractivity (Wildman–Crippen MR) is 483 cm³/mol. The summed E-state index contributed by atoms with van der Waals surface area (Å²) in [6, 6.07) is 139. The topological polar surface area (TPSA) is 72.2 Å². The lowest BCUT2D eigenvalue weighted by Gasteiger charge is -2.26. The van der Waals surface area contributed by atoms with E-state index >= 15 is 0 Å². The minimum Gasteiger partial charge on any atom is -0.456 e. The molecule has 6 heterocycles. The molecule has 0 spiro atoms. The first-order chi connectivity index (χ1) is 57.5. The summed E-state index contributed by atoms with van der Waals surface area (Å²) in [5, 5.41) is 13.4. The highest BCUT2D eigenvalue weighted by atomic mass is 32.1. The van der Waals surface area contributed by atoms with Crippen LogP contribution in [0.2, 0.25) is 0 Å². The lowest BCUT2D eigenvalue weighted by atomic mass is 9.93. The number of fused-ring (bicyclic) bond motifs is 18. The van der Waals surface area contributed by atoms with E-state index in [1.165, 1.54) is 31.3 Å². The van der Waals surface area contributed by atoms with E-state index in [0.717, 1.165) is 211 Å². The molecule has 0 aliphatic heterocycles. The zero-order valence-electron chi connectivity index (χ0n) is 62.3. The van der Waals surface area contributed by atoms with Gasteiger partial charge in [0.15, 0.2) is 0 Å². The van der Waals surface area contributed by atoms with Gasteiger partial charge in [0.2, 0.25) is 0 Å². The molecule has 0 saturated carbocycles. The second-order valence-corrected chi connectivity index (χ2v) is 31.1. The Kier molecular flexibility index (Phi) is 14.8. The molecular weight excluding hydrogens is 1440 g/mol. The van der Waals surface area contributed by atoms with E-state index in [1.54, 1.807) is 0 Å². The third-order valence-corrected chi connectivity index (χ3v) is 24.7. The molecule has 0 aliphatic rings. The van der Waals surface area contributed by atoms with Crippen LogP contribution >= 0.6 is 11.3 Å². The van der Waals surface area contributed by atoms with Crippen molar-refractivity contribution in [1.82, 2.24) is 0 Å². The molecule has 18 aromatic carbocycles. The maximum atomic E-state index is 7.01. The molecule has 7 nitrogen and oxygen atoms in total. The van der Waals surface area contributed by atoms with Crippen LogP contribution < -0.4 is 9.80 Å². The van der Waals surface area contributed by atoms with Crippen molar-refractivity contribution in [2.45, 2.75) is 0 Å². The normalized spacial score (nSPS) is 12.0. The van der Waals surface area contributed by atoms with E-state index in [-0.39, 0.29) is 0 Å². The molecule has 0 fully saturated rings. The lowest BCUT2D eigenvalue weighted by molar-refractivity contribution is 0.668. The van der Waals surface area contributed by atoms with Gasteiger partial charge in [-0.15, -0.1) is 11.3 Å². The van der Waals surface area contributed by atoms with Crippen LogP contribution in [0.3, 0.4) is 0 Å². The molecule has 0 saturated heterocycles. The lowest BCUT2D eigenvalue weighted by Crippen LogP contribution is -2.09. The third-order valence-electron chi connectivity index (χ3n) is 23.6. The molecule has 0 bridgehead atoms. The molecule has 6 aromatic heterocycles. The summed E-state index contributed by atoms with van der Waals surface area (Å²) in [4.78, 5) is 4.69. The fraction of sp³-hybridized carbons (Fsp3) is 0. The summed E-state index contributed by atoms with van der Waals surface area (Å²) in [5.74, 6) is 0. The highest BCUT2D eigenvalue weighted by Gasteiger charge is 2.25. The van der Waals surface area contributed by atoms with Gasteiger partial charge in [0.05, 0.1) is 0 Å². The van der Waals surface area contributed by atoms with Gasteiger partial charge in [0, 0.05) is 119 Å². The first-order valence-electron chi connectivity index (χ1n) is 39.2. The Morgan fingerprint density at radius 3 is 0.940 bits per heavy atom. The summed E-state index contributed by atoms with van der Waals surface area (Å²) >= 11 is 1.85. The summed E-state index contributed by atoms with van der Waals surface area (Å²) in [7, 11) is 0. The van der Waals surface area contributed by atoms with Gasteiger partial charge in [-0.1, -0.05) is 243 Å². The Bertz CT molecular complexity index is 7900. The molecule has 116 heavy (non-hydrogen) atoms. The molecule has 0 unspecified atom stereocenters. The Morgan fingerprint density at radius 1 is 0.164 bits per heavy atom. The maximum absolute atomic E-state index is 7.01. The number of nitrogens with zero attached hydrogens (tertiary/aromatic N) is 2. The molecule has 0 atom stereocenters. The number of hydrogen-bond donors (Lipinski definition) is 0. The number of para-hydroxylation sites is 5. The van der Waals surface area contributed by atoms with Crippen molar-refractivity contribution in [3.8, 4) is 77.9 Å². The van der Waals surface area contributed by atoms with Crippen LogP contribution in [-0.2, 0) is 0 Å². The molecule has 542 valence electrons. The highest BCUT2D eigenvalue weighted by molar-refractivity contribution is 7.26. The van der Waals surface area contributed by atoms with Gasteiger partial charge in [-0.3, -0.25) is 0 Å². The van der Waals surface area contributed by atoms with Gasteiger partial charge < -0.3 is 31.9 Å². The first kappa shape index (κ1) is 65.5. The quantitative estimate of drug-likeness (QED) is 0.114. The van der Waals surface area contributed by atoms with E-state index in [2.05, 4.69) is 356 Å². The van der Waals surface area contributed by atoms with Crippen LogP contribution in [-0.4, -0.2) is 0 Å². The zero-order chi connectivity index (χ0) is 76.1. The van der Waals surface area contributed by atoms with Crippen molar-refractivity contribution < 1.29 is 22.1 Å². The average molecular weight is 1500 g/mol. The summed E-state index contributed by atoms with van der Waals surface area (Å²) in [6.07, 6.45) is 0. The van der Waals surface area contributed by atoms with Crippen LogP contribution in [0.5, 0.6) is 0 Å². The van der Waals surface area contributed by atoms with Gasteiger partial charge in [-0.25, -0.2) is 0 Å². The molecular formula is C108H64N2O5S. The van der Waals surface area contributed by atoms with Crippen LogP contribution in [0.4, 0.5) is 34.1 Å². The van der Waals surface area contributed by atoms with Crippen molar-refractivity contribution in [2.24, 2.45) is 0 Å². The van der Waals surface area contributed by atoms with Gasteiger partial charge in [0.25, 0.3) is 0 Å². The molecule has 8 heteroatoms. The summed E-state index contributed by atoms with van der Waals surface area (Å²) in [5.41, 5.74) is 30.0. The van der Waals surface area contributed by atoms with Crippen molar-refractivity contribution in [1.29, 1.82) is 0 Å². The van der Waals surface area contributed by atoms with Crippen LogP contribution in [0.1, 0.15) is 0 Å². The van der Waals surface area contributed by atoms with Gasteiger partial charge in [-0.05, 0) is 212 Å². The standard InChI is InChI=1S/C108H64N2O5S/c1-6-27-92-85(16-1)86-26-11-25-83(107(86)114-92)70-46-59-77(60-47-70)110(74-51-38-66(39-52-74)79-22-13-32-97-103(79)88-18-3-8-29-94(88)112-97)76-57-44-69(45-58-76)82-62-63-84(108-106(82)89-19-4-9-30-95(89)115-108)71-48-61-90-99(64-71)113-98-33-14-23-80(104(90)98)67-40-53-73(54-41-67)109(72-49-36-65(37-50-72)78-21-12-31-96-102(78)87-17-2-7-28-93(87)111-96)75-55-42-68(43-56-75)81-24-15-35-101-105(81)91-20-5-10-34-100(91)116-101/h1-64H. The minimum atomic E-state index is 0.797. The minimum absolute atomic E-state index is 0.797. The Labute approximate surface area is 668 Å². The van der Waals surface area contributed by atoms with Gasteiger partial charge >= 0.3 is 0 Å². The van der Waals surface area contributed by atoms with Gasteiger partial charge in [-0.2, -0.15) is 0 Å². The molecule has 0 N–H and O–H groups in total. The summed E-state index contributed by atoms with van der Waals surface area (Å²) in [6.45, 7) is 0. The first-order valence-corrected chi connectivity index (χ1v) is 40.0. The van der Waals surface area contributed by atoms with E-state index in [1.807, 2.05) is 53.8 Å². The van der Waals surface area contributed by atoms with Crippen molar-refractivity contribution in [2.75, 3.05) is 9.80 Å². The number of anilines is 6. The summed E-state index contributed by atoms with van der Waals surface area (Å²) < 4.78 is 35.8. The van der Waals surface area contributed by atoms with E-state index in [4.69, 9.17) is 22.1 Å². The second kappa shape index (κ2) is 26.2. The Hall–Kier alpha value is -15.2. The Morgan fingerprint density at radius 2 is 0.457 bits per heavy atom. The third kappa shape index (κ3) is 10.5. The van der Waals surface area contributed by atoms with Crippen molar-refractivity contribution in [3.05, 3.63) is 388 Å². The van der Waals surface area contributed by atoms with Crippen molar-refractivity contribution >= 4 is 175 Å². The number of thiophene rings is 1. The number of benzene rings is 18. The predicted octanol–water partition coefficient (Wildman–Crippen LogP) is 32.2. The smallest absolute Gasteiger partial charge is 0.143 e. The molecule has 24 rings (SSSR count). The molecule has 0 amide bonds. The van der Waals surface area contributed by atoms with Crippen LogP contribution in [0, 0.1) is 0 Å². The van der Waals surface area contributed by atoms with E-state index in [9.17, 15) is 0 Å². The van der Waals surface area contributed by atoms with E-state index < -0.39 is 0 Å². The monoisotopic (exact) mass is 1500 g/mol. The number of furan rings is 5. The SMILES string of the molecule is c1ccc2c(c1)oc1c(-c3ccc(N(c4ccc(-c5cccc6oc7ccccc7c56)cc4)c4ccc(-c5ccc(-c6ccc7c(c6)oc6cccc(-c8ccc(N(c9ccc(-c%10cccc%11oc%12ccccc%12c%10%11)cc9)c9ccc(-c%10cccc%11sc%12ccccc%12c%10%11)cc9)cc8)c67)c6oc7ccccc7c56)cc4)cc3)cccc12. The maximum Gasteiger partial charge on any atom is 0.143 e. The zero-order valence-corrected chi connectivity index (χ0v) is 63.1. The second-order valence-electron chi connectivity index (χ2n) is 30.0. The fourth-order valence-corrected chi connectivity index (χ4v) is 19.3. The average Bonchev–Trinajstić information content (AvgIpc) is 1.56. The molecule has 0 aliphatic carbocycles. The van der Waals surface area contributed by atoms with Crippen LogP contribution in [0.15, 0.2) is 410 Å². The van der Waals surface area contributed by atoms with Crippen molar-refractivity contribution in [3.63, 3.8) is 0 Å². The number of hydrogen-bond acceptors (Lipinski definition) is 8. The molecule has 0 radical (unpaired) electrons. The fourth-order valence-electron chi connectivity index (χ4n) is 18.2. The highest BCUT2D eigenvalue weighted by Crippen LogP contribution is 2.50. The number of rotatable bonds is 13. The largest absolute Gasteiger partial charge is 0.456 e. The molecule has 24 aromatic rings.